The summed E-state index contributed by atoms with van der Waals surface area (Å²) in [7, 11) is 0. The predicted octanol–water partition coefficient (Wildman–Crippen LogP) is 2.88. The number of anilines is 2. The molecule has 0 saturated carbocycles. The Bertz CT molecular complexity index is 821. The van der Waals surface area contributed by atoms with Crippen molar-refractivity contribution in [1.29, 1.82) is 0 Å². The molecule has 1 unspecified atom stereocenters. The van der Waals surface area contributed by atoms with Crippen LogP contribution in [-0.4, -0.2) is 55.6 Å². The van der Waals surface area contributed by atoms with E-state index >= 15 is 0 Å². The summed E-state index contributed by atoms with van der Waals surface area (Å²) in [6.45, 7) is 4.65. The van der Waals surface area contributed by atoms with Crippen LogP contribution in [0.25, 0.3) is 0 Å². The van der Waals surface area contributed by atoms with Gasteiger partial charge in [0, 0.05) is 19.8 Å². The smallest absolute Gasteiger partial charge is 0.381 e. The number of carbonyl (C=O) groups excluding carboxylic acids is 2. The molecule has 6 nitrogen and oxygen atoms in total. The number of ether oxygens (including phenoxy) is 1. The van der Waals surface area contributed by atoms with Crippen molar-refractivity contribution in [2.45, 2.75) is 38.4 Å². The number of nitrogens with zero attached hydrogens (tertiary/aromatic N) is 2. The van der Waals surface area contributed by atoms with Gasteiger partial charge in [-0.25, -0.2) is 0 Å². The molecule has 1 atom stereocenters. The number of halogens is 3. The molecule has 2 amide bonds. The first-order valence-electron chi connectivity index (χ1n) is 9.83. The maximum absolute atomic E-state index is 13.2. The molecular formula is C20H24F3N3O3. The zero-order valence-corrected chi connectivity index (χ0v) is 16.2. The van der Waals surface area contributed by atoms with Gasteiger partial charge in [0.15, 0.2) is 0 Å². The van der Waals surface area contributed by atoms with Gasteiger partial charge in [0.2, 0.25) is 11.8 Å². The van der Waals surface area contributed by atoms with Crippen LogP contribution in [0.15, 0.2) is 18.2 Å². The summed E-state index contributed by atoms with van der Waals surface area (Å²) >= 11 is 0. The lowest BCUT2D eigenvalue weighted by molar-refractivity contribution is -0.137. The third-order valence-electron chi connectivity index (χ3n) is 6.38. The summed E-state index contributed by atoms with van der Waals surface area (Å²) in [6.07, 6.45) is -1.58. The van der Waals surface area contributed by atoms with E-state index in [1.807, 2.05) is 0 Å². The number of rotatable bonds is 2. The van der Waals surface area contributed by atoms with Gasteiger partial charge in [-0.3, -0.25) is 19.4 Å². The minimum Gasteiger partial charge on any atom is -0.381 e. The van der Waals surface area contributed by atoms with Crippen molar-refractivity contribution in [2.75, 3.05) is 43.1 Å². The van der Waals surface area contributed by atoms with Crippen LogP contribution in [0.3, 0.4) is 0 Å². The molecule has 1 spiro atoms. The van der Waals surface area contributed by atoms with Crippen LogP contribution >= 0.6 is 0 Å². The van der Waals surface area contributed by atoms with Gasteiger partial charge in [0.1, 0.15) is 6.54 Å². The summed E-state index contributed by atoms with van der Waals surface area (Å²) in [4.78, 5) is 28.7. The number of alkyl halides is 3. The number of hydrogen-bond acceptors (Lipinski definition) is 4. The first-order valence-corrected chi connectivity index (χ1v) is 9.83. The molecular weight excluding hydrogens is 387 g/mol. The number of carbonyl (C=O) groups is 2. The number of nitrogens with one attached hydrogen (secondary N) is 1. The monoisotopic (exact) mass is 411 g/mol. The molecule has 2 saturated heterocycles. The minimum absolute atomic E-state index is 0.0129. The number of benzene rings is 1. The van der Waals surface area contributed by atoms with E-state index in [2.05, 4.69) is 10.2 Å². The zero-order valence-electron chi connectivity index (χ0n) is 16.2. The second-order valence-corrected chi connectivity index (χ2v) is 8.21. The van der Waals surface area contributed by atoms with Gasteiger partial charge < -0.3 is 10.1 Å². The molecule has 3 heterocycles. The quantitative estimate of drug-likeness (QED) is 0.813. The van der Waals surface area contributed by atoms with E-state index < -0.39 is 23.7 Å². The summed E-state index contributed by atoms with van der Waals surface area (Å²) in [5, 5.41) is 2.45. The Kier molecular flexibility index (Phi) is 5.06. The van der Waals surface area contributed by atoms with Crippen molar-refractivity contribution in [3.63, 3.8) is 0 Å². The number of amides is 2. The van der Waals surface area contributed by atoms with Gasteiger partial charge >= 0.3 is 6.18 Å². The van der Waals surface area contributed by atoms with Gasteiger partial charge in [0.05, 0.1) is 23.0 Å². The third kappa shape index (κ3) is 3.85. The van der Waals surface area contributed by atoms with E-state index in [1.165, 1.54) is 11.0 Å². The highest BCUT2D eigenvalue weighted by Gasteiger charge is 2.43. The first kappa shape index (κ1) is 20.2. The fourth-order valence-electron chi connectivity index (χ4n) is 4.56. The Morgan fingerprint density at radius 2 is 1.97 bits per heavy atom. The Morgan fingerprint density at radius 3 is 2.66 bits per heavy atom. The van der Waals surface area contributed by atoms with Crippen LogP contribution in [0.4, 0.5) is 24.5 Å². The average molecular weight is 411 g/mol. The third-order valence-corrected chi connectivity index (χ3v) is 6.38. The Hall–Kier alpha value is -2.13. The summed E-state index contributed by atoms with van der Waals surface area (Å²) < 4.78 is 44.5. The second-order valence-electron chi connectivity index (χ2n) is 8.21. The van der Waals surface area contributed by atoms with E-state index in [-0.39, 0.29) is 23.6 Å². The lowest BCUT2D eigenvalue weighted by atomic mass is 9.80. The molecule has 1 aromatic rings. The molecule has 158 valence electrons. The summed E-state index contributed by atoms with van der Waals surface area (Å²) in [5.41, 5.74) is -0.376. The van der Waals surface area contributed by atoms with Crippen LogP contribution in [0.1, 0.15) is 31.7 Å². The molecule has 0 radical (unpaired) electrons. The number of hydrogen-bond donors (Lipinski definition) is 1. The van der Waals surface area contributed by atoms with Gasteiger partial charge in [-0.1, -0.05) is 0 Å². The largest absolute Gasteiger partial charge is 0.416 e. The van der Waals surface area contributed by atoms with E-state index in [4.69, 9.17) is 4.74 Å². The maximum atomic E-state index is 13.2. The molecule has 29 heavy (non-hydrogen) atoms. The molecule has 0 aliphatic carbocycles. The fraction of sp³-hybridized carbons (Fsp3) is 0.600. The van der Waals surface area contributed by atoms with Crippen molar-refractivity contribution < 1.29 is 27.5 Å². The molecule has 4 rings (SSSR count). The molecule has 0 aromatic heterocycles. The van der Waals surface area contributed by atoms with Gasteiger partial charge in [-0.2, -0.15) is 13.2 Å². The van der Waals surface area contributed by atoms with E-state index in [1.54, 1.807) is 6.92 Å². The topological polar surface area (TPSA) is 61.9 Å². The van der Waals surface area contributed by atoms with E-state index in [0.717, 1.165) is 57.7 Å². The highest BCUT2D eigenvalue weighted by atomic mass is 19.4. The highest BCUT2D eigenvalue weighted by Crippen LogP contribution is 2.41. The average Bonchev–Trinajstić information content (AvgIpc) is 3.08. The summed E-state index contributed by atoms with van der Waals surface area (Å²) in [5.74, 6) is -0.773. The Labute approximate surface area is 167 Å². The summed E-state index contributed by atoms with van der Waals surface area (Å²) in [6, 6.07) is 2.61. The lowest BCUT2D eigenvalue weighted by Gasteiger charge is -2.36. The molecule has 3 aliphatic rings. The van der Waals surface area contributed by atoms with Crippen LogP contribution in [0.2, 0.25) is 0 Å². The van der Waals surface area contributed by atoms with Crippen molar-refractivity contribution in [3.8, 4) is 0 Å². The van der Waals surface area contributed by atoms with Gasteiger partial charge in [-0.05, 0) is 56.3 Å². The highest BCUT2D eigenvalue weighted by molar-refractivity contribution is 6.11. The second kappa shape index (κ2) is 7.28. The van der Waals surface area contributed by atoms with Crippen LogP contribution in [-0.2, 0) is 20.5 Å². The molecule has 0 bridgehead atoms. The van der Waals surface area contributed by atoms with E-state index in [9.17, 15) is 22.8 Å². The minimum atomic E-state index is -4.52. The van der Waals surface area contributed by atoms with Crippen LogP contribution in [0, 0.1) is 5.41 Å². The molecule has 3 aliphatic heterocycles. The predicted molar refractivity (Wildman–Crippen MR) is 101 cm³/mol. The van der Waals surface area contributed by atoms with Gasteiger partial charge in [0.25, 0.3) is 0 Å². The molecule has 2 fully saturated rings. The fourth-order valence-corrected chi connectivity index (χ4v) is 4.56. The van der Waals surface area contributed by atoms with Crippen molar-refractivity contribution in [3.05, 3.63) is 23.8 Å². The van der Waals surface area contributed by atoms with E-state index in [0.29, 0.717) is 5.69 Å². The standard InChI is InChI=1S/C20H24F3N3O3/c1-13(25-7-4-19(12-25)5-8-29-9-6-19)18(28)26-11-17(27)24-15-10-14(20(21,22)23)2-3-16(15)26/h2-3,10,13H,4-9,11-12H2,1H3,(H,24,27). The van der Waals surface area contributed by atoms with Crippen LogP contribution in [0.5, 0.6) is 0 Å². The maximum Gasteiger partial charge on any atom is 0.416 e. The lowest BCUT2D eigenvalue weighted by Crippen LogP contribution is -2.51. The molecule has 1 aromatic carbocycles. The van der Waals surface area contributed by atoms with Gasteiger partial charge in [-0.15, -0.1) is 0 Å². The van der Waals surface area contributed by atoms with Crippen LogP contribution < -0.4 is 10.2 Å². The number of fused-ring (bicyclic) bond motifs is 1. The normalized spacial score (nSPS) is 23.0. The van der Waals surface area contributed by atoms with Crippen molar-refractivity contribution in [1.82, 2.24) is 4.90 Å². The first-order chi connectivity index (χ1) is 13.7. The number of likely N-dealkylation sites (tertiary alicyclic amines) is 1. The zero-order chi connectivity index (χ0) is 20.8. The SMILES string of the molecule is CC(C(=O)N1CC(=O)Nc2cc(C(F)(F)F)ccc21)N1CCC2(CCOCC2)C1. The Balaban J connectivity index is 1.54. The molecule has 1 N–H and O–H groups in total. The molecule has 9 heteroatoms. The Morgan fingerprint density at radius 1 is 1.24 bits per heavy atom. The van der Waals surface area contributed by atoms with Crippen molar-refractivity contribution >= 4 is 23.2 Å². The van der Waals surface area contributed by atoms with Crippen molar-refractivity contribution in [2.24, 2.45) is 5.41 Å².